The smallest absolute Gasteiger partial charge is 0.338 e. The fourth-order valence-corrected chi connectivity index (χ4v) is 6.40. The minimum absolute atomic E-state index is 0.0773. The summed E-state index contributed by atoms with van der Waals surface area (Å²) in [6.07, 6.45) is 5.65. The van der Waals surface area contributed by atoms with Crippen molar-refractivity contribution in [3.05, 3.63) is 34.9 Å². The summed E-state index contributed by atoms with van der Waals surface area (Å²) >= 11 is 0. The van der Waals surface area contributed by atoms with Crippen molar-refractivity contribution >= 4 is 5.97 Å². The van der Waals surface area contributed by atoms with Crippen LogP contribution < -0.4 is 9.47 Å². The van der Waals surface area contributed by atoms with Crippen LogP contribution in [0.3, 0.4) is 0 Å². The van der Waals surface area contributed by atoms with E-state index in [4.69, 9.17) is 14.2 Å². The van der Waals surface area contributed by atoms with Gasteiger partial charge in [-0.2, -0.15) is 0 Å². The lowest BCUT2D eigenvalue weighted by Crippen LogP contribution is -2.48. The number of esters is 1. The van der Waals surface area contributed by atoms with Crippen LogP contribution >= 0.6 is 0 Å². The Morgan fingerprint density at radius 3 is 2.71 bits per heavy atom. The molecule has 4 atom stereocenters. The van der Waals surface area contributed by atoms with Crippen molar-refractivity contribution in [2.75, 3.05) is 19.9 Å². The number of hydrogen-bond donors (Lipinski definition) is 1. The summed E-state index contributed by atoms with van der Waals surface area (Å²) in [6.45, 7) is 8.68. The number of ether oxygens (including phenoxy) is 3. The van der Waals surface area contributed by atoms with Gasteiger partial charge in [-0.15, -0.1) is 0 Å². The normalized spacial score (nSPS) is 29.5. The van der Waals surface area contributed by atoms with Gasteiger partial charge in [0.15, 0.2) is 17.1 Å². The fraction of sp³-hybridized carbons (Fsp3) is 0.667. The van der Waals surface area contributed by atoms with Crippen LogP contribution in [0.25, 0.3) is 0 Å². The molecule has 0 aromatic heterocycles. The molecule has 1 fully saturated rings. The number of aliphatic hydroxyl groups is 1. The zero-order valence-corrected chi connectivity index (χ0v) is 20.7. The second-order valence-electron chi connectivity index (χ2n) is 11.3. The lowest BCUT2D eigenvalue weighted by Gasteiger charge is -2.40. The zero-order chi connectivity index (χ0) is 24.3. The molecule has 3 aliphatic heterocycles. The van der Waals surface area contributed by atoms with E-state index in [9.17, 15) is 14.3 Å². The van der Waals surface area contributed by atoms with E-state index in [0.717, 1.165) is 55.0 Å². The maximum atomic E-state index is 13.9. The van der Waals surface area contributed by atoms with Crippen molar-refractivity contribution in [1.82, 2.24) is 4.90 Å². The van der Waals surface area contributed by atoms with Gasteiger partial charge in [-0.3, -0.25) is 4.90 Å². The Bertz CT molecular complexity index is 1010. The monoisotopic (exact) mass is 473 g/mol. The predicted molar refractivity (Wildman–Crippen MR) is 126 cm³/mol. The molecule has 4 aliphatic rings. The summed E-state index contributed by atoms with van der Waals surface area (Å²) in [6, 6.07) is 4.15. The minimum Gasteiger partial charge on any atom is -0.455 e. The summed E-state index contributed by atoms with van der Waals surface area (Å²) in [5.74, 6) is 0.780. The third-order valence-corrected chi connectivity index (χ3v) is 8.09. The molecular formula is C27H36FNO5. The second-order valence-corrected chi connectivity index (χ2v) is 11.3. The number of carbonyl (C=O) groups is 1. The summed E-state index contributed by atoms with van der Waals surface area (Å²) < 4.78 is 31.4. The fourth-order valence-electron chi connectivity index (χ4n) is 6.40. The van der Waals surface area contributed by atoms with Gasteiger partial charge in [0.2, 0.25) is 6.79 Å². The minimum atomic E-state index is -1.67. The average Bonchev–Trinajstić information content (AvgIpc) is 3.41. The molecule has 34 heavy (non-hydrogen) atoms. The van der Waals surface area contributed by atoms with Crippen molar-refractivity contribution in [1.29, 1.82) is 0 Å². The predicted octanol–water partition coefficient (Wildman–Crippen LogP) is 4.43. The van der Waals surface area contributed by atoms with E-state index in [1.165, 1.54) is 26.3 Å². The quantitative estimate of drug-likeness (QED) is 0.487. The first-order valence-corrected chi connectivity index (χ1v) is 12.5. The number of nitrogens with zero attached hydrogens (tertiary/aromatic N) is 1. The molecule has 186 valence electrons. The van der Waals surface area contributed by atoms with Gasteiger partial charge in [0.05, 0.1) is 5.54 Å². The standard InChI is InChI=1S/C27H36FNO5/c1-17-15-27-10-6-11-29(27)12-7-18-13-20-21(33-16-32-20)14-19(18)22(27)23(17)34-24(30)26(4,31)9-5-8-25(2,3)28/h13-15,22-23,31H,5-12,16H2,1-4H3/t22-,23?,26+,27?/m1/s1. The second kappa shape index (κ2) is 8.23. The van der Waals surface area contributed by atoms with E-state index in [1.807, 2.05) is 6.92 Å². The van der Waals surface area contributed by atoms with E-state index >= 15 is 0 Å². The summed E-state index contributed by atoms with van der Waals surface area (Å²) in [4.78, 5) is 15.8. The molecule has 1 aliphatic carbocycles. The molecule has 1 spiro atoms. The van der Waals surface area contributed by atoms with Gasteiger partial charge in [-0.25, -0.2) is 9.18 Å². The molecule has 2 unspecified atom stereocenters. The molecular weight excluding hydrogens is 437 g/mol. The SMILES string of the molecule is CC1=CC23CCCN2CCc2cc4c(cc2[C@@H]3C1OC(=O)[C@@](C)(O)CCCC(C)(C)F)OCO4. The lowest BCUT2D eigenvalue weighted by atomic mass is 9.77. The van der Waals surface area contributed by atoms with Crippen LogP contribution in [0.15, 0.2) is 23.8 Å². The highest BCUT2D eigenvalue weighted by Crippen LogP contribution is 2.55. The summed E-state index contributed by atoms with van der Waals surface area (Å²) in [5, 5.41) is 10.9. The van der Waals surface area contributed by atoms with Crippen molar-refractivity contribution < 1.29 is 28.5 Å². The average molecular weight is 474 g/mol. The number of hydrogen-bond acceptors (Lipinski definition) is 6. The largest absolute Gasteiger partial charge is 0.455 e. The number of alkyl halides is 1. The molecule has 0 radical (unpaired) electrons. The molecule has 1 aromatic rings. The highest BCUT2D eigenvalue weighted by Gasteiger charge is 2.57. The molecule has 3 heterocycles. The third kappa shape index (κ3) is 4.01. The lowest BCUT2D eigenvalue weighted by molar-refractivity contribution is -0.170. The van der Waals surface area contributed by atoms with Gasteiger partial charge in [0, 0.05) is 12.5 Å². The van der Waals surface area contributed by atoms with Gasteiger partial charge in [-0.1, -0.05) is 6.08 Å². The molecule has 7 heteroatoms. The first-order valence-electron chi connectivity index (χ1n) is 12.5. The third-order valence-electron chi connectivity index (χ3n) is 8.09. The Morgan fingerprint density at radius 1 is 1.24 bits per heavy atom. The van der Waals surface area contributed by atoms with Gasteiger partial charge >= 0.3 is 5.97 Å². The Balaban J connectivity index is 1.45. The van der Waals surface area contributed by atoms with Crippen LogP contribution in [-0.4, -0.2) is 58.8 Å². The summed E-state index contributed by atoms with van der Waals surface area (Å²) in [5.41, 5.74) is 0.134. The zero-order valence-electron chi connectivity index (χ0n) is 20.7. The topological polar surface area (TPSA) is 68.2 Å². The Morgan fingerprint density at radius 2 is 1.97 bits per heavy atom. The van der Waals surface area contributed by atoms with Crippen LogP contribution in [0.1, 0.15) is 76.8 Å². The van der Waals surface area contributed by atoms with Crippen LogP contribution in [0.4, 0.5) is 4.39 Å². The van der Waals surface area contributed by atoms with Crippen LogP contribution in [-0.2, 0) is 16.0 Å². The molecule has 5 rings (SSSR count). The first-order chi connectivity index (χ1) is 16.0. The Kier molecular flexibility index (Phi) is 5.72. The van der Waals surface area contributed by atoms with E-state index < -0.39 is 23.3 Å². The Labute approximate surface area is 201 Å². The number of rotatable bonds is 6. The molecule has 0 amide bonds. The summed E-state index contributed by atoms with van der Waals surface area (Å²) in [7, 11) is 0. The number of halogens is 1. The molecule has 1 N–H and O–H groups in total. The van der Waals surface area contributed by atoms with Gasteiger partial charge in [0.1, 0.15) is 11.8 Å². The van der Waals surface area contributed by atoms with Crippen molar-refractivity contribution in [3.63, 3.8) is 0 Å². The van der Waals surface area contributed by atoms with Gasteiger partial charge < -0.3 is 19.3 Å². The highest BCUT2D eigenvalue weighted by molar-refractivity contribution is 5.79. The van der Waals surface area contributed by atoms with Gasteiger partial charge in [-0.05, 0) is 102 Å². The van der Waals surface area contributed by atoms with E-state index in [-0.39, 0.29) is 31.1 Å². The molecule has 1 saturated heterocycles. The van der Waals surface area contributed by atoms with E-state index in [2.05, 4.69) is 23.1 Å². The number of carbonyl (C=O) groups excluding carboxylic acids is 1. The van der Waals surface area contributed by atoms with Crippen LogP contribution in [0.5, 0.6) is 11.5 Å². The maximum Gasteiger partial charge on any atom is 0.338 e. The maximum absolute atomic E-state index is 13.9. The first kappa shape index (κ1) is 23.6. The highest BCUT2D eigenvalue weighted by atomic mass is 19.1. The number of benzene rings is 1. The number of fused-ring (bicyclic) bond motifs is 3. The van der Waals surface area contributed by atoms with E-state index in [0.29, 0.717) is 6.42 Å². The van der Waals surface area contributed by atoms with Crippen molar-refractivity contribution in [3.8, 4) is 11.5 Å². The molecule has 0 saturated carbocycles. The molecule has 0 bridgehead atoms. The molecule has 6 nitrogen and oxygen atoms in total. The van der Waals surface area contributed by atoms with Crippen LogP contribution in [0.2, 0.25) is 0 Å². The Hall–Kier alpha value is -2.12. The van der Waals surface area contributed by atoms with Crippen LogP contribution in [0, 0.1) is 0 Å². The van der Waals surface area contributed by atoms with Gasteiger partial charge in [0.25, 0.3) is 0 Å². The molecule has 1 aromatic carbocycles. The van der Waals surface area contributed by atoms with Crippen molar-refractivity contribution in [2.45, 2.75) is 95.1 Å². The van der Waals surface area contributed by atoms with Crippen molar-refractivity contribution in [2.24, 2.45) is 0 Å². The van der Waals surface area contributed by atoms with E-state index in [1.54, 1.807) is 0 Å².